The number of alkyl halides is 1. The van der Waals surface area contributed by atoms with Crippen molar-refractivity contribution in [2.45, 2.75) is 44.3 Å². The average molecular weight is 299 g/mol. The standard InChI is InChI=1S/C17H18FN3O/c18-13-10-14(11-6-2-1-3-7-11)21-17(13)19-16(20-21)15(22)12-8-4-5-9-12/h1-3,6-7,12-14H,4-5,8-10H2/t13-,14-/m0/s1. The van der Waals surface area contributed by atoms with Crippen LogP contribution in [0.4, 0.5) is 4.39 Å². The fourth-order valence-corrected chi connectivity index (χ4v) is 3.61. The molecule has 1 aromatic carbocycles. The SMILES string of the molecule is O=C(c1nc2n(n1)[C@H](c1ccccc1)C[C@@H]2F)C1CCCC1. The molecule has 0 spiro atoms. The summed E-state index contributed by atoms with van der Waals surface area (Å²) in [5.41, 5.74) is 1.01. The van der Waals surface area contributed by atoms with Crippen molar-refractivity contribution >= 4 is 5.78 Å². The van der Waals surface area contributed by atoms with Crippen LogP contribution < -0.4 is 0 Å². The van der Waals surface area contributed by atoms with E-state index in [0.29, 0.717) is 12.2 Å². The van der Waals surface area contributed by atoms with Gasteiger partial charge in [0.2, 0.25) is 11.6 Å². The van der Waals surface area contributed by atoms with Gasteiger partial charge in [-0.25, -0.2) is 14.1 Å². The maximum absolute atomic E-state index is 14.3. The minimum atomic E-state index is -1.15. The third-order valence-electron chi connectivity index (χ3n) is 4.79. The molecule has 2 heterocycles. The Bertz CT molecular complexity index is 691. The summed E-state index contributed by atoms with van der Waals surface area (Å²) in [6, 6.07) is 9.57. The van der Waals surface area contributed by atoms with Gasteiger partial charge < -0.3 is 0 Å². The first-order valence-electron chi connectivity index (χ1n) is 7.93. The molecule has 1 aliphatic heterocycles. The van der Waals surface area contributed by atoms with E-state index in [1.54, 1.807) is 4.68 Å². The smallest absolute Gasteiger partial charge is 0.217 e. The van der Waals surface area contributed by atoms with E-state index in [1.807, 2.05) is 30.3 Å². The first kappa shape index (κ1) is 13.6. The maximum atomic E-state index is 14.3. The van der Waals surface area contributed by atoms with E-state index in [1.165, 1.54) is 0 Å². The number of hydrogen-bond acceptors (Lipinski definition) is 3. The second-order valence-electron chi connectivity index (χ2n) is 6.21. The number of benzene rings is 1. The number of rotatable bonds is 3. The van der Waals surface area contributed by atoms with Gasteiger partial charge >= 0.3 is 0 Å². The first-order chi connectivity index (χ1) is 10.7. The molecular formula is C17H18FN3O. The molecule has 114 valence electrons. The van der Waals surface area contributed by atoms with Crippen LogP contribution in [-0.2, 0) is 0 Å². The molecule has 5 heteroatoms. The van der Waals surface area contributed by atoms with Crippen molar-refractivity contribution < 1.29 is 9.18 Å². The van der Waals surface area contributed by atoms with E-state index in [9.17, 15) is 9.18 Å². The van der Waals surface area contributed by atoms with Gasteiger partial charge in [-0.3, -0.25) is 4.79 Å². The predicted molar refractivity (Wildman–Crippen MR) is 79.4 cm³/mol. The first-order valence-corrected chi connectivity index (χ1v) is 7.93. The molecule has 22 heavy (non-hydrogen) atoms. The van der Waals surface area contributed by atoms with E-state index in [0.717, 1.165) is 31.2 Å². The van der Waals surface area contributed by atoms with E-state index in [-0.39, 0.29) is 23.6 Å². The average Bonchev–Trinajstić information content (AvgIpc) is 3.25. The predicted octanol–water partition coefficient (Wildman–Crippen LogP) is 3.65. The van der Waals surface area contributed by atoms with Crippen molar-refractivity contribution in [3.63, 3.8) is 0 Å². The molecule has 1 saturated carbocycles. The van der Waals surface area contributed by atoms with Gasteiger partial charge in [0, 0.05) is 12.3 Å². The van der Waals surface area contributed by atoms with Crippen molar-refractivity contribution in [3.05, 3.63) is 47.5 Å². The van der Waals surface area contributed by atoms with Gasteiger partial charge in [0.15, 0.2) is 12.0 Å². The molecule has 0 radical (unpaired) electrons. The molecule has 4 nitrogen and oxygen atoms in total. The molecule has 0 saturated heterocycles. The molecule has 0 bridgehead atoms. The Kier molecular flexibility index (Phi) is 3.28. The Balaban J connectivity index is 1.67. The summed E-state index contributed by atoms with van der Waals surface area (Å²) in [5, 5.41) is 4.36. The van der Waals surface area contributed by atoms with Gasteiger partial charge in [-0.2, -0.15) is 0 Å². The Labute approximate surface area is 128 Å². The lowest BCUT2D eigenvalue weighted by atomic mass is 10.0. The normalized spacial score (nSPS) is 24.6. The van der Waals surface area contributed by atoms with E-state index < -0.39 is 6.17 Å². The summed E-state index contributed by atoms with van der Waals surface area (Å²) in [6.07, 6.45) is 3.18. The molecule has 0 amide bonds. The van der Waals surface area contributed by atoms with Crippen LogP contribution in [0, 0.1) is 5.92 Å². The molecule has 1 aliphatic carbocycles. The summed E-state index contributed by atoms with van der Waals surface area (Å²) in [5.74, 6) is 0.509. The zero-order chi connectivity index (χ0) is 15.1. The summed E-state index contributed by atoms with van der Waals surface area (Å²) in [7, 11) is 0. The number of hydrogen-bond donors (Lipinski definition) is 0. The van der Waals surface area contributed by atoms with Gasteiger partial charge in [0.1, 0.15) is 0 Å². The Morgan fingerprint density at radius 1 is 1.18 bits per heavy atom. The van der Waals surface area contributed by atoms with Crippen LogP contribution in [0.3, 0.4) is 0 Å². The zero-order valence-electron chi connectivity index (χ0n) is 12.3. The number of aromatic nitrogens is 3. The molecule has 0 N–H and O–H groups in total. The lowest BCUT2D eigenvalue weighted by molar-refractivity contribution is 0.0911. The van der Waals surface area contributed by atoms with Crippen LogP contribution in [0.15, 0.2) is 30.3 Å². The van der Waals surface area contributed by atoms with Gasteiger partial charge in [0.25, 0.3) is 0 Å². The minimum absolute atomic E-state index is 0.0154. The van der Waals surface area contributed by atoms with Gasteiger partial charge in [-0.1, -0.05) is 43.2 Å². The monoisotopic (exact) mass is 299 g/mol. The van der Waals surface area contributed by atoms with Crippen LogP contribution in [-0.4, -0.2) is 20.5 Å². The summed E-state index contributed by atoms with van der Waals surface area (Å²) in [4.78, 5) is 16.7. The summed E-state index contributed by atoms with van der Waals surface area (Å²) in [6.45, 7) is 0. The third-order valence-corrected chi connectivity index (χ3v) is 4.79. The topological polar surface area (TPSA) is 47.8 Å². The van der Waals surface area contributed by atoms with Crippen molar-refractivity contribution in [2.24, 2.45) is 5.92 Å². The molecule has 2 aliphatic rings. The highest BCUT2D eigenvalue weighted by Gasteiger charge is 2.37. The van der Waals surface area contributed by atoms with Crippen LogP contribution in [0.2, 0.25) is 0 Å². The van der Waals surface area contributed by atoms with Crippen molar-refractivity contribution in [3.8, 4) is 0 Å². The fourth-order valence-electron chi connectivity index (χ4n) is 3.61. The number of carbonyl (C=O) groups is 1. The van der Waals surface area contributed by atoms with E-state index in [4.69, 9.17) is 0 Å². The van der Waals surface area contributed by atoms with Crippen molar-refractivity contribution in [2.75, 3.05) is 0 Å². The maximum Gasteiger partial charge on any atom is 0.217 e. The molecule has 2 aromatic rings. The molecule has 4 rings (SSSR count). The third kappa shape index (κ3) is 2.16. The summed E-state index contributed by atoms with van der Waals surface area (Å²) >= 11 is 0. The van der Waals surface area contributed by atoms with Gasteiger partial charge in [-0.15, -0.1) is 5.10 Å². The highest BCUT2D eigenvalue weighted by molar-refractivity contribution is 5.94. The molecular weight excluding hydrogens is 281 g/mol. The largest absolute Gasteiger partial charge is 0.290 e. The lowest BCUT2D eigenvalue weighted by Gasteiger charge is -2.11. The number of Topliss-reactive ketones (excluding diaryl/α,β-unsaturated/α-hetero) is 1. The Hall–Kier alpha value is -2.04. The van der Waals surface area contributed by atoms with Crippen molar-refractivity contribution in [1.29, 1.82) is 0 Å². The Morgan fingerprint density at radius 2 is 1.91 bits per heavy atom. The number of halogens is 1. The Morgan fingerprint density at radius 3 is 2.64 bits per heavy atom. The number of carbonyl (C=O) groups excluding carboxylic acids is 1. The van der Waals surface area contributed by atoms with Crippen LogP contribution in [0.1, 0.15) is 66.3 Å². The molecule has 1 aromatic heterocycles. The molecule has 0 unspecified atom stereocenters. The number of ketones is 1. The fraction of sp³-hybridized carbons (Fsp3) is 0.471. The number of nitrogens with zero attached hydrogens (tertiary/aromatic N) is 3. The number of fused-ring (bicyclic) bond motifs is 1. The quantitative estimate of drug-likeness (QED) is 0.813. The van der Waals surface area contributed by atoms with Gasteiger partial charge in [0.05, 0.1) is 6.04 Å². The minimum Gasteiger partial charge on any atom is -0.290 e. The van der Waals surface area contributed by atoms with Crippen molar-refractivity contribution in [1.82, 2.24) is 14.8 Å². The molecule has 1 fully saturated rings. The zero-order valence-corrected chi connectivity index (χ0v) is 12.3. The van der Waals surface area contributed by atoms with Crippen LogP contribution >= 0.6 is 0 Å². The highest BCUT2D eigenvalue weighted by atomic mass is 19.1. The lowest BCUT2D eigenvalue weighted by Crippen LogP contribution is -2.15. The molecule has 2 atom stereocenters. The van der Waals surface area contributed by atoms with E-state index in [2.05, 4.69) is 10.1 Å². The highest BCUT2D eigenvalue weighted by Crippen LogP contribution is 2.39. The van der Waals surface area contributed by atoms with Gasteiger partial charge in [-0.05, 0) is 18.4 Å². The van der Waals surface area contributed by atoms with Crippen LogP contribution in [0.25, 0.3) is 0 Å². The second-order valence-corrected chi connectivity index (χ2v) is 6.21. The van der Waals surface area contributed by atoms with E-state index >= 15 is 0 Å². The second kappa shape index (κ2) is 5.30. The van der Waals surface area contributed by atoms with Crippen LogP contribution in [0.5, 0.6) is 0 Å². The summed E-state index contributed by atoms with van der Waals surface area (Å²) < 4.78 is 15.9.